The Bertz CT molecular complexity index is 1220. The zero-order valence-corrected chi connectivity index (χ0v) is 19.6. The van der Waals surface area contributed by atoms with Crippen LogP contribution in [0, 0.1) is 6.92 Å². The van der Waals surface area contributed by atoms with Crippen molar-refractivity contribution in [3.63, 3.8) is 0 Å². The fraction of sp³-hybridized carbons (Fsp3) is 0.0800. The van der Waals surface area contributed by atoms with Crippen LogP contribution in [0.25, 0.3) is 6.08 Å². The number of nitrogens with one attached hydrogen (secondary N) is 1. The lowest BCUT2D eigenvalue weighted by Gasteiger charge is -2.10. The Balaban J connectivity index is 1.53. The van der Waals surface area contributed by atoms with Crippen LogP contribution in [0.2, 0.25) is 0 Å². The van der Waals surface area contributed by atoms with Crippen LogP contribution >= 0.6 is 27.7 Å². The number of rotatable bonds is 5. The topological polar surface area (TPSA) is 67.8 Å². The Morgan fingerprint density at radius 2 is 1.84 bits per heavy atom. The van der Waals surface area contributed by atoms with E-state index in [1.54, 1.807) is 30.3 Å². The average molecular weight is 507 g/mol. The first-order valence-electron chi connectivity index (χ1n) is 9.85. The number of thioether (sulfide) groups is 1. The van der Waals surface area contributed by atoms with Crippen molar-refractivity contribution in [1.82, 2.24) is 5.32 Å². The normalized spacial score (nSPS) is 15.8. The standard InChI is InChI=1S/C25H19BrN2O3S/c1-16-7-9-17(10-8-16)15-31-21-12-11-20(26)13-19(21)14-22-24(30)28-25(32-22)27-23(29)18-5-3-2-4-6-18/h2-14H,15H2,1H3,(H,27,28,29,30)/b22-14-. The first-order chi connectivity index (χ1) is 15.5. The number of aliphatic imine (C=N–C) groups is 1. The van der Waals surface area contributed by atoms with E-state index >= 15 is 0 Å². The molecule has 1 fully saturated rings. The van der Waals surface area contributed by atoms with E-state index in [2.05, 4.69) is 26.2 Å². The first kappa shape index (κ1) is 22.0. The Morgan fingerprint density at radius 1 is 1.09 bits per heavy atom. The van der Waals surface area contributed by atoms with Gasteiger partial charge in [-0.15, -0.1) is 0 Å². The lowest BCUT2D eigenvalue weighted by atomic mass is 10.1. The maximum atomic E-state index is 12.5. The number of halogens is 1. The third-order valence-electron chi connectivity index (χ3n) is 4.65. The quantitative estimate of drug-likeness (QED) is 0.448. The number of hydrogen-bond donors (Lipinski definition) is 1. The molecular formula is C25H19BrN2O3S. The van der Waals surface area contributed by atoms with Crippen molar-refractivity contribution in [2.45, 2.75) is 13.5 Å². The van der Waals surface area contributed by atoms with Crippen LogP contribution < -0.4 is 10.1 Å². The van der Waals surface area contributed by atoms with Crippen molar-refractivity contribution in [3.05, 3.63) is 104 Å². The van der Waals surface area contributed by atoms with Crippen molar-refractivity contribution in [3.8, 4) is 5.75 Å². The summed E-state index contributed by atoms with van der Waals surface area (Å²) in [7, 11) is 0. The van der Waals surface area contributed by atoms with Crippen LogP contribution in [0.3, 0.4) is 0 Å². The molecule has 0 spiro atoms. The number of nitrogens with zero attached hydrogens (tertiary/aromatic N) is 1. The molecule has 0 bridgehead atoms. The lowest BCUT2D eigenvalue weighted by molar-refractivity contribution is -0.115. The molecule has 4 rings (SSSR count). The molecule has 1 aliphatic heterocycles. The van der Waals surface area contributed by atoms with Gasteiger partial charge in [-0.1, -0.05) is 64.0 Å². The third-order valence-corrected chi connectivity index (χ3v) is 6.05. The number of aryl methyl sites for hydroxylation is 1. The van der Waals surface area contributed by atoms with E-state index in [9.17, 15) is 9.59 Å². The molecule has 5 nitrogen and oxygen atoms in total. The summed E-state index contributed by atoms with van der Waals surface area (Å²) in [6.07, 6.45) is 1.74. The van der Waals surface area contributed by atoms with Gasteiger partial charge in [0.15, 0.2) is 5.17 Å². The molecule has 0 radical (unpaired) electrons. The summed E-state index contributed by atoms with van der Waals surface area (Å²) >= 11 is 4.60. The summed E-state index contributed by atoms with van der Waals surface area (Å²) < 4.78 is 6.89. The molecule has 3 aromatic rings. The molecule has 160 valence electrons. The fourth-order valence-electron chi connectivity index (χ4n) is 2.97. The zero-order chi connectivity index (χ0) is 22.5. The van der Waals surface area contributed by atoms with Gasteiger partial charge in [0.25, 0.3) is 11.8 Å². The highest BCUT2D eigenvalue weighted by atomic mass is 79.9. The Hall–Kier alpha value is -3.16. The average Bonchev–Trinajstić information content (AvgIpc) is 3.13. The van der Waals surface area contributed by atoms with Crippen molar-refractivity contribution < 1.29 is 14.3 Å². The number of benzene rings is 3. The summed E-state index contributed by atoms with van der Waals surface area (Å²) in [4.78, 5) is 29.3. The summed E-state index contributed by atoms with van der Waals surface area (Å²) in [6.45, 7) is 2.45. The second-order valence-corrected chi connectivity index (χ2v) is 9.06. The Morgan fingerprint density at radius 3 is 2.59 bits per heavy atom. The second-order valence-electron chi connectivity index (χ2n) is 7.11. The maximum Gasteiger partial charge on any atom is 0.279 e. The van der Waals surface area contributed by atoms with E-state index in [-0.39, 0.29) is 11.1 Å². The van der Waals surface area contributed by atoms with E-state index in [1.807, 2.05) is 55.5 Å². The lowest BCUT2D eigenvalue weighted by Crippen LogP contribution is -2.20. The van der Waals surface area contributed by atoms with E-state index in [0.29, 0.717) is 22.8 Å². The van der Waals surface area contributed by atoms with Crippen LogP contribution in [0.15, 0.2) is 87.2 Å². The molecule has 3 aromatic carbocycles. The second kappa shape index (κ2) is 9.97. The molecule has 1 saturated heterocycles. The van der Waals surface area contributed by atoms with Gasteiger partial charge >= 0.3 is 0 Å². The Labute approximate surface area is 198 Å². The summed E-state index contributed by atoms with van der Waals surface area (Å²) in [5.74, 6) is -0.0567. The minimum Gasteiger partial charge on any atom is -0.488 e. The van der Waals surface area contributed by atoms with Gasteiger partial charge in [-0.25, -0.2) is 0 Å². The molecular weight excluding hydrogens is 488 g/mol. The van der Waals surface area contributed by atoms with Gasteiger partial charge in [0.1, 0.15) is 12.4 Å². The SMILES string of the molecule is Cc1ccc(COc2ccc(Br)cc2/C=C2\SC(=NC(=O)c3ccccc3)NC2=O)cc1. The van der Waals surface area contributed by atoms with E-state index < -0.39 is 5.91 Å². The molecule has 1 N–H and O–H groups in total. The van der Waals surface area contributed by atoms with Crippen LogP contribution in [-0.4, -0.2) is 17.0 Å². The highest BCUT2D eigenvalue weighted by molar-refractivity contribution is 9.10. The molecule has 32 heavy (non-hydrogen) atoms. The number of amides is 2. The molecule has 0 unspecified atom stereocenters. The molecule has 2 amide bonds. The monoisotopic (exact) mass is 506 g/mol. The highest BCUT2D eigenvalue weighted by Gasteiger charge is 2.25. The molecule has 0 atom stereocenters. The van der Waals surface area contributed by atoms with Gasteiger partial charge in [-0.2, -0.15) is 4.99 Å². The molecule has 0 aromatic heterocycles. The summed E-state index contributed by atoms with van der Waals surface area (Å²) in [5.41, 5.74) is 3.46. The van der Waals surface area contributed by atoms with Crippen molar-refractivity contribution in [2.75, 3.05) is 0 Å². The van der Waals surface area contributed by atoms with Gasteiger partial charge in [0.2, 0.25) is 0 Å². The fourth-order valence-corrected chi connectivity index (χ4v) is 4.16. The minimum atomic E-state index is -0.403. The predicted molar refractivity (Wildman–Crippen MR) is 132 cm³/mol. The van der Waals surface area contributed by atoms with Crippen molar-refractivity contribution >= 4 is 50.7 Å². The molecule has 1 aliphatic rings. The molecule has 0 saturated carbocycles. The highest BCUT2D eigenvalue weighted by Crippen LogP contribution is 2.31. The Kier molecular flexibility index (Phi) is 6.87. The summed E-state index contributed by atoms with van der Waals surface area (Å²) in [5, 5.41) is 2.91. The van der Waals surface area contributed by atoms with Crippen molar-refractivity contribution in [2.24, 2.45) is 4.99 Å². The van der Waals surface area contributed by atoms with E-state index in [1.165, 1.54) is 5.56 Å². The molecule has 1 heterocycles. The van der Waals surface area contributed by atoms with E-state index in [4.69, 9.17) is 4.74 Å². The van der Waals surface area contributed by atoms with Crippen molar-refractivity contribution in [1.29, 1.82) is 0 Å². The number of carbonyl (C=O) groups is 2. The van der Waals surface area contributed by atoms with E-state index in [0.717, 1.165) is 27.4 Å². The maximum absolute atomic E-state index is 12.5. The van der Waals surface area contributed by atoms with Crippen LogP contribution in [0.1, 0.15) is 27.0 Å². The summed E-state index contributed by atoms with van der Waals surface area (Å²) in [6, 6.07) is 22.5. The van der Waals surface area contributed by atoms with Gasteiger partial charge in [-0.05, 0) is 60.7 Å². The zero-order valence-electron chi connectivity index (χ0n) is 17.2. The van der Waals surface area contributed by atoms with Gasteiger partial charge in [0.05, 0.1) is 4.91 Å². The molecule has 7 heteroatoms. The number of amidine groups is 1. The first-order valence-corrected chi connectivity index (χ1v) is 11.5. The van der Waals surface area contributed by atoms with Gasteiger partial charge in [-0.3, -0.25) is 9.59 Å². The van der Waals surface area contributed by atoms with Gasteiger partial charge in [0, 0.05) is 15.6 Å². The third kappa shape index (κ3) is 5.55. The van der Waals surface area contributed by atoms with Crippen LogP contribution in [-0.2, 0) is 11.4 Å². The number of hydrogen-bond acceptors (Lipinski definition) is 4. The largest absolute Gasteiger partial charge is 0.488 e. The van der Waals surface area contributed by atoms with Gasteiger partial charge < -0.3 is 10.1 Å². The number of ether oxygens (including phenoxy) is 1. The minimum absolute atomic E-state index is 0.257. The number of carbonyl (C=O) groups excluding carboxylic acids is 2. The van der Waals surface area contributed by atoms with Crippen LogP contribution in [0.5, 0.6) is 5.75 Å². The smallest absolute Gasteiger partial charge is 0.279 e. The predicted octanol–water partition coefficient (Wildman–Crippen LogP) is 5.74. The molecule has 0 aliphatic carbocycles. The van der Waals surface area contributed by atoms with Crippen LogP contribution in [0.4, 0.5) is 0 Å².